The highest BCUT2D eigenvalue weighted by Crippen LogP contribution is 2.35. The van der Waals surface area contributed by atoms with E-state index < -0.39 is 15.9 Å². The summed E-state index contributed by atoms with van der Waals surface area (Å²) in [5.74, 6) is -0.887. The zero-order chi connectivity index (χ0) is 13.1. The van der Waals surface area contributed by atoms with E-state index in [-0.39, 0.29) is 17.2 Å². The van der Waals surface area contributed by atoms with E-state index in [2.05, 4.69) is 4.18 Å². The van der Waals surface area contributed by atoms with Crippen molar-refractivity contribution in [1.29, 1.82) is 0 Å². The quantitative estimate of drug-likeness (QED) is 0.644. The number of hydrogen-bond donors (Lipinski definition) is 1. The highest BCUT2D eigenvalue weighted by Gasteiger charge is 2.16. The highest BCUT2D eigenvalue weighted by atomic mass is 32.2. The maximum Gasteiger partial charge on any atom is 0.306 e. The van der Waals surface area contributed by atoms with Crippen molar-refractivity contribution in [3.63, 3.8) is 0 Å². The summed E-state index contributed by atoms with van der Waals surface area (Å²) in [5, 5.41) is 0. The largest absolute Gasteiger partial charge is 0.488 e. The Morgan fingerprint density at radius 2 is 2.06 bits per heavy atom. The third kappa shape index (κ3) is 4.10. The van der Waals surface area contributed by atoms with Gasteiger partial charge in [-0.25, -0.2) is 4.39 Å². The summed E-state index contributed by atoms with van der Waals surface area (Å²) in [4.78, 5) is 0. The molecule has 0 atom stereocenters. The van der Waals surface area contributed by atoms with Gasteiger partial charge in [-0.2, -0.15) is 8.42 Å². The molecule has 0 amide bonds. The first-order valence-corrected chi connectivity index (χ1v) is 6.76. The van der Waals surface area contributed by atoms with Crippen molar-refractivity contribution in [3.8, 4) is 11.5 Å². The second-order valence-electron chi connectivity index (χ2n) is 3.46. The van der Waals surface area contributed by atoms with E-state index in [0.717, 1.165) is 18.4 Å². The van der Waals surface area contributed by atoms with E-state index in [1.165, 1.54) is 0 Å². The molecule has 5 nitrogen and oxygen atoms in total. The third-order valence-electron chi connectivity index (χ3n) is 1.74. The van der Waals surface area contributed by atoms with Gasteiger partial charge in [-0.1, -0.05) is 6.92 Å². The molecule has 2 N–H and O–H groups in total. The molecule has 0 aromatic heterocycles. The molecule has 1 aromatic carbocycles. The molecule has 0 heterocycles. The van der Waals surface area contributed by atoms with E-state index in [9.17, 15) is 12.8 Å². The molecule has 0 unspecified atom stereocenters. The zero-order valence-corrected chi connectivity index (χ0v) is 10.4. The molecule has 7 heteroatoms. The minimum absolute atomic E-state index is 0.00269. The van der Waals surface area contributed by atoms with Gasteiger partial charge in [-0.05, 0) is 6.42 Å². The van der Waals surface area contributed by atoms with Crippen LogP contribution in [0.5, 0.6) is 11.5 Å². The van der Waals surface area contributed by atoms with Gasteiger partial charge in [-0.15, -0.1) is 0 Å². The molecule has 0 aliphatic carbocycles. The van der Waals surface area contributed by atoms with Gasteiger partial charge in [0.05, 0.1) is 18.6 Å². The number of ether oxygens (including phenoxy) is 1. The molecule has 1 aromatic rings. The van der Waals surface area contributed by atoms with Crippen LogP contribution >= 0.6 is 0 Å². The van der Waals surface area contributed by atoms with Gasteiger partial charge >= 0.3 is 10.1 Å². The monoisotopic (exact) mass is 263 g/mol. The van der Waals surface area contributed by atoms with Crippen molar-refractivity contribution in [3.05, 3.63) is 17.9 Å². The van der Waals surface area contributed by atoms with Gasteiger partial charge in [0.2, 0.25) is 0 Å². The van der Waals surface area contributed by atoms with Crippen molar-refractivity contribution in [2.75, 3.05) is 18.6 Å². The Balaban J connectivity index is 3.15. The highest BCUT2D eigenvalue weighted by molar-refractivity contribution is 7.86. The first-order valence-electron chi connectivity index (χ1n) is 4.94. The Hall–Kier alpha value is -1.50. The lowest BCUT2D eigenvalue weighted by Crippen LogP contribution is -2.09. The Labute approximate surface area is 99.5 Å². The van der Waals surface area contributed by atoms with Crippen molar-refractivity contribution in [2.45, 2.75) is 13.3 Å². The van der Waals surface area contributed by atoms with Gasteiger partial charge in [0, 0.05) is 12.1 Å². The predicted molar refractivity (Wildman–Crippen MR) is 62.1 cm³/mol. The molecule has 0 aliphatic rings. The molecule has 0 spiro atoms. The zero-order valence-electron chi connectivity index (χ0n) is 9.57. The van der Waals surface area contributed by atoms with E-state index in [1.54, 1.807) is 0 Å². The molecule has 0 fully saturated rings. The average molecular weight is 263 g/mol. The molecule has 1 rings (SSSR count). The fourth-order valence-electron chi connectivity index (χ4n) is 1.17. The van der Waals surface area contributed by atoms with Crippen LogP contribution in [0.2, 0.25) is 0 Å². The second kappa shape index (κ2) is 5.22. The Kier molecular flexibility index (Phi) is 4.17. The number of anilines is 1. The SMILES string of the molecule is CCCOc1c(N)cc(F)cc1OS(C)(=O)=O. The van der Waals surface area contributed by atoms with Gasteiger partial charge in [-0.3, -0.25) is 0 Å². The summed E-state index contributed by atoms with van der Waals surface area (Å²) >= 11 is 0. The third-order valence-corrected chi connectivity index (χ3v) is 2.22. The molecular formula is C10H14FNO4S. The van der Waals surface area contributed by atoms with Crippen LogP contribution in [-0.2, 0) is 10.1 Å². The normalized spacial score (nSPS) is 11.2. The summed E-state index contributed by atoms with van der Waals surface area (Å²) in [7, 11) is -3.76. The van der Waals surface area contributed by atoms with Crippen LogP contribution in [0.3, 0.4) is 0 Å². The standard InChI is InChI=1S/C10H14FNO4S/c1-3-4-15-10-8(12)5-7(11)6-9(10)16-17(2,13)14/h5-6H,3-4,12H2,1-2H3. The van der Waals surface area contributed by atoms with Crippen LogP contribution in [0, 0.1) is 5.82 Å². The van der Waals surface area contributed by atoms with E-state index in [4.69, 9.17) is 10.5 Å². The van der Waals surface area contributed by atoms with Crippen molar-refractivity contribution in [1.82, 2.24) is 0 Å². The number of nitrogen functional groups attached to an aromatic ring is 1. The molecule has 96 valence electrons. The number of halogens is 1. The van der Waals surface area contributed by atoms with E-state index >= 15 is 0 Å². The van der Waals surface area contributed by atoms with Crippen LogP contribution in [-0.4, -0.2) is 21.3 Å². The molecule has 0 aliphatic heterocycles. The molecule has 0 bridgehead atoms. The first-order chi connectivity index (χ1) is 7.83. The fourth-order valence-corrected chi connectivity index (χ4v) is 1.62. The van der Waals surface area contributed by atoms with Crippen LogP contribution < -0.4 is 14.7 Å². The number of rotatable bonds is 5. The summed E-state index contributed by atoms with van der Waals surface area (Å²) in [5.41, 5.74) is 5.54. The molecule has 0 radical (unpaired) electrons. The summed E-state index contributed by atoms with van der Waals surface area (Å²) in [6.45, 7) is 2.20. The summed E-state index contributed by atoms with van der Waals surface area (Å²) < 4.78 is 45.0. The lowest BCUT2D eigenvalue weighted by molar-refractivity contribution is 0.308. The Bertz CT molecular complexity index is 501. The lowest BCUT2D eigenvalue weighted by Gasteiger charge is -2.13. The van der Waals surface area contributed by atoms with Crippen LogP contribution in [0.25, 0.3) is 0 Å². The minimum atomic E-state index is -3.76. The van der Waals surface area contributed by atoms with Gasteiger partial charge < -0.3 is 14.7 Å². The Morgan fingerprint density at radius 1 is 1.41 bits per heavy atom. The summed E-state index contributed by atoms with van der Waals surface area (Å²) in [6, 6.07) is 1.96. The maximum atomic E-state index is 13.1. The topological polar surface area (TPSA) is 78.6 Å². The van der Waals surface area contributed by atoms with Crippen LogP contribution in [0.15, 0.2) is 12.1 Å². The lowest BCUT2D eigenvalue weighted by atomic mass is 10.2. The van der Waals surface area contributed by atoms with Crippen molar-refractivity contribution >= 4 is 15.8 Å². The van der Waals surface area contributed by atoms with E-state index in [0.29, 0.717) is 13.0 Å². The van der Waals surface area contributed by atoms with E-state index in [1.807, 2.05) is 6.92 Å². The fraction of sp³-hybridized carbons (Fsp3) is 0.400. The van der Waals surface area contributed by atoms with Crippen molar-refractivity contribution < 1.29 is 21.7 Å². The predicted octanol–water partition coefficient (Wildman–Crippen LogP) is 1.54. The smallest absolute Gasteiger partial charge is 0.306 e. The van der Waals surface area contributed by atoms with Crippen LogP contribution in [0.1, 0.15) is 13.3 Å². The van der Waals surface area contributed by atoms with Crippen molar-refractivity contribution in [2.24, 2.45) is 0 Å². The Morgan fingerprint density at radius 3 is 2.59 bits per heavy atom. The molecule has 0 saturated carbocycles. The number of benzene rings is 1. The summed E-state index contributed by atoms with van der Waals surface area (Å²) in [6.07, 6.45) is 1.56. The van der Waals surface area contributed by atoms with Gasteiger partial charge in [0.1, 0.15) is 5.82 Å². The van der Waals surface area contributed by atoms with Crippen LogP contribution in [0.4, 0.5) is 10.1 Å². The molecular weight excluding hydrogens is 249 g/mol. The second-order valence-corrected chi connectivity index (χ2v) is 5.03. The average Bonchev–Trinajstić information content (AvgIpc) is 2.13. The maximum absolute atomic E-state index is 13.1. The molecule has 0 saturated heterocycles. The number of nitrogens with two attached hydrogens (primary N) is 1. The molecule has 17 heavy (non-hydrogen) atoms. The first kappa shape index (κ1) is 13.6. The van der Waals surface area contributed by atoms with Gasteiger partial charge in [0.15, 0.2) is 11.5 Å². The minimum Gasteiger partial charge on any atom is -0.488 e. The number of hydrogen-bond acceptors (Lipinski definition) is 5. The van der Waals surface area contributed by atoms with Gasteiger partial charge in [0.25, 0.3) is 0 Å².